The number of esters is 1. The number of benzene rings is 1. The van der Waals surface area contributed by atoms with Crippen LogP contribution in [0.4, 0.5) is 0 Å². The van der Waals surface area contributed by atoms with Gasteiger partial charge in [-0.2, -0.15) is 0 Å². The lowest BCUT2D eigenvalue weighted by molar-refractivity contribution is -0.145. The maximum Gasteiger partial charge on any atom is 0.321 e. The number of hydrogen-bond donors (Lipinski definition) is 1. The van der Waals surface area contributed by atoms with Crippen LogP contribution in [0.3, 0.4) is 0 Å². The highest BCUT2D eigenvalue weighted by Crippen LogP contribution is 2.27. The summed E-state index contributed by atoms with van der Waals surface area (Å²) >= 11 is 1.57. The van der Waals surface area contributed by atoms with Gasteiger partial charge in [-0.3, -0.25) is 4.79 Å². The van der Waals surface area contributed by atoms with Crippen LogP contribution >= 0.6 is 11.8 Å². The summed E-state index contributed by atoms with van der Waals surface area (Å²) in [4.78, 5) is 12.0. The molecule has 1 N–H and O–H groups in total. The fourth-order valence-corrected chi connectivity index (χ4v) is 4.25. The number of rotatable bonds is 12. The molecule has 0 atom stereocenters. The van der Waals surface area contributed by atoms with Crippen LogP contribution in [0, 0.1) is 0 Å². The number of hydrogen-bond acceptors (Lipinski definition) is 6. The average molecular weight is 404 g/mol. The van der Waals surface area contributed by atoms with Crippen molar-refractivity contribution in [2.24, 2.45) is 0 Å². The van der Waals surface area contributed by atoms with Gasteiger partial charge in [-0.1, -0.05) is 6.42 Å². The summed E-state index contributed by atoms with van der Waals surface area (Å²) < 4.78 is 36.5. The number of sulfonamides is 1. The molecule has 6 nitrogen and oxygen atoms in total. The monoisotopic (exact) mass is 403 g/mol. The van der Waals surface area contributed by atoms with E-state index >= 15 is 0 Å². The first-order valence-corrected chi connectivity index (χ1v) is 11.1. The molecule has 1 aromatic rings. The Balaban J connectivity index is 2.26. The van der Waals surface area contributed by atoms with Crippen molar-refractivity contribution >= 4 is 27.8 Å². The van der Waals surface area contributed by atoms with E-state index < -0.39 is 14.8 Å². The Bertz CT molecular complexity index is 657. The van der Waals surface area contributed by atoms with E-state index in [-0.39, 0.29) is 10.9 Å². The van der Waals surface area contributed by atoms with Crippen molar-refractivity contribution in [3.8, 4) is 5.75 Å². The van der Waals surface area contributed by atoms with Crippen LogP contribution in [0.5, 0.6) is 5.75 Å². The number of thioether (sulfide) groups is 1. The van der Waals surface area contributed by atoms with Gasteiger partial charge in [0.05, 0.1) is 18.6 Å². The normalized spacial score (nSPS) is 12.0. The smallest absolute Gasteiger partial charge is 0.321 e. The minimum Gasteiger partial charge on any atom is -0.497 e. The van der Waals surface area contributed by atoms with Gasteiger partial charge in [0.2, 0.25) is 10.0 Å². The molecular formula is C18H29NO5S2. The molecule has 0 aromatic heterocycles. The molecule has 0 fully saturated rings. The molecule has 0 saturated heterocycles. The fraction of sp³-hybridized carbons (Fsp3) is 0.611. The van der Waals surface area contributed by atoms with Gasteiger partial charge < -0.3 is 9.47 Å². The lowest BCUT2D eigenvalue weighted by atomic mass is 10.2. The Kier molecular flexibility index (Phi) is 9.46. The summed E-state index contributed by atoms with van der Waals surface area (Å²) in [7, 11) is -1.96. The first kappa shape index (κ1) is 22.8. The van der Waals surface area contributed by atoms with Gasteiger partial charge in [0.25, 0.3) is 0 Å². The van der Waals surface area contributed by atoms with Crippen LogP contribution in [-0.2, 0) is 19.6 Å². The van der Waals surface area contributed by atoms with Crippen LogP contribution in [0.15, 0.2) is 29.2 Å². The Morgan fingerprint density at radius 2 is 1.81 bits per heavy atom. The number of nitrogens with one attached hydrogen (secondary N) is 1. The van der Waals surface area contributed by atoms with Crippen molar-refractivity contribution in [3.05, 3.63) is 24.3 Å². The second-order valence-corrected chi connectivity index (χ2v) is 9.70. The summed E-state index contributed by atoms with van der Waals surface area (Å²) in [6.45, 7) is 6.29. The number of methoxy groups -OCH3 is 1. The molecule has 0 amide bonds. The molecule has 8 heteroatoms. The van der Waals surface area contributed by atoms with Gasteiger partial charge in [0.15, 0.2) is 0 Å². The van der Waals surface area contributed by atoms with Gasteiger partial charge >= 0.3 is 5.97 Å². The Morgan fingerprint density at radius 1 is 1.15 bits per heavy atom. The zero-order valence-electron chi connectivity index (χ0n) is 15.9. The number of ether oxygens (including phenoxy) is 2. The van der Waals surface area contributed by atoms with E-state index in [0.717, 1.165) is 25.0 Å². The summed E-state index contributed by atoms with van der Waals surface area (Å²) in [6, 6.07) is 6.29. The molecule has 0 saturated carbocycles. The van der Waals surface area contributed by atoms with E-state index in [1.54, 1.807) is 30.8 Å². The number of carbonyl (C=O) groups excluding carboxylic acids is 1. The molecule has 0 aliphatic heterocycles. The van der Waals surface area contributed by atoms with Crippen LogP contribution in [0.1, 0.15) is 40.0 Å². The SMILES string of the molecule is CCOC(=O)C(C)(C)SCCCCCNS(=O)(=O)c1ccc(OC)cc1. The summed E-state index contributed by atoms with van der Waals surface area (Å²) in [5.41, 5.74) is 0. The molecule has 0 radical (unpaired) electrons. The van der Waals surface area contributed by atoms with E-state index in [4.69, 9.17) is 9.47 Å². The summed E-state index contributed by atoms with van der Waals surface area (Å²) in [5, 5.41) is 0. The van der Waals surface area contributed by atoms with Crippen molar-refractivity contribution < 1.29 is 22.7 Å². The van der Waals surface area contributed by atoms with Gasteiger partial charge in [0.1, 0.15) is 10.5 Å². The zero-order chi connectivity index (χ0) is 19.6. The van der Waals surface area contributed by atoms with Crippen LogP contribution in [0.2, 0.25) is 0 Å². The largest absolute Gasteiger partial charge is 0.497 e. The Hall–Kier alpha value is -1.25. The van der Waals surface area contributed by atoms with E-state index in [9.17, 15) is 13.2 Å². The van der Waals surface area contributed by atoms with Gasteiger partial charge in [-0.05, 0) is 63.6 Å². The highest BCUT2D eigenvalue weighted by molar-refractivity contribution is 8.01. The van der Waals surface area contributed by atoms with Crippen molar-refractivity contribution in [2.75, 3.05) is 26.0 Å². The minimum absolute atomic E-state index is 0.197. The molecule has 0 unspecified atom stereocenters. The molecule has 0 aliphatic rings. The predicted octanol–water partition coefficient (Wildman–Crippen LogP) is 3.22. The predicted molar refractivity (Wildman–Crippen MR) is 105 cm³/mol. The third-order valence-electron chi connectivity index (χ3n) is 3.71. The molecular weight excluding hydrogens is 374 g/mol. The van der Waals surface area contributed by atoms with Crippen LogP contribution in [-0.4, -0.2) is 45.1 Å². The zero-order valence-corrected chi connectivity index (χ0v) is 17.5. The Labute approximate surface area is 161 Å². The number of unbranched alkanes of at least 4 members (excludes halogenated alkanes) is 2. The standard InChI is InChI=1S/C18H29NO5S2/c1-5-24-17(20)18(2,3)25-14-8-6-7-13-19-26(21,22)16-11-9-15(23-4)10-12-16/h9-12,19H,5-8,13-14H2,1-4H3. The molecule has 0 aliphatic carbocycles. The first-order valence-electron chi connectivity index (χ1n) is 8.68. The molecule has 26 heavy (non-hydrogen) atoms. The van der Waals surface area contributed by atoms with Crippen molar-refractivity contribution in [1.82, 2.24) is 4.72 Å². The molecule has 1 rings (SSSR count). The highest BCUT2D eigenvalue weighted by Gasteiger charge is 2.29. The van der Waals surface area contributed by atoms with E-state index in [1.165, 1.54) is 19.2 Å². The van der Waals surface area contributed by atoms with E-state index in [0.29, 0.717) is 18.9 Å². The molecule has 0 spiro atoms. The van der Waals surface area contributed by atoms with Crippen molar-refractivity contribution in [2.45, 2.75) is 49.7 Å². The maximum absolute atomic E-state index is 12.2. The van der Waals surface area contributed by atoms with Gasteiger partial charge in [-0.15, -0.1) is 11.8 Å². The highest BCUT2D eigenvalue weighted by atomic mass is 32.2. The van der Waals surface area contributed by atoms with Crippen LogP contribution in [0.25, 0.3) is 0 Å². The second kappa shape index (κ2) is 10.8. The maximum atomic E-state index is 12.2. The molecule has 0 heterocycles. The summed E-state index contributed by atoms with van der Waals surface area (Å²) in [6.07, 6.45) is 2.55. The topological polar surface area (TPSA) is 81.7 Å². The molecule has 0 bridgehead atoms. The quantitative estimate of drug-likeness (QED) is 0.426. The van der Waals surface area contributed by atoms with Crippen LogP contribution < -0.4 is 9.46 Å². The fourth-order valence-electron chi connectivity index (χ4n) is 2.14. The Morgan fingerprint density at radius 3 is 2.38 bits per heavy atom. The van der Waals surface area contributed by atoms with E-state index in [1.807, 2.05) is 13.8 Å². The molecule has 1 aromatic carbocycles. The minimum atomic E-state index is -3.49. The second-order valence-electron chi connectivity index (χ2n) is 6.21. The average Bonchev–Trinajstić information content (AvgIpc) is 2.61. The van der Waals surface area contributed by atoms with Gasteiger partial charge in [0, 0.05) is 6.54 Å². The summed E-state index contributed by atoms with van der Waals surface area (Å²) in [5.74, 6) is 1.25. The lowest BCUT2D eigenvalue weighted by Gasteiger charge is -2.21. The van der Waals surface area contributed by atoms with Crippen molar-refractivity contribution in [3.63, 3.8) is 0 Å². The third-order valence-corrected chi connectivity index (χ3v) is 6.57. The van der Waals surface area contributed by atoms with Gasteiger partial charge in [-0.25, -0.2) is 13.1 Å². The third kappa shape index (κ3) is 7.55. The molecule has 148 valence electrons. The lowest BCUT2D eigenvalue weighted by Crippen LogP contribution is -2.30. The number of carbonyl (C=O) groups is 1. The first-order chi connectivity index (χ1) is 12.2. The van der Waals surface area contributed by atoms with E-state index in [2.05, 4.69) is 4.72 Å². The van der Waals surface area contributed by atoms with Crippen molar-refractivity contribution in [1.29, 1.82) is 0 Å².